The van der Waals surface area contributed by atoms with Crippen LogP contribution in [0.2, 0.25) is 5.02 Å². The minimum Gasteiger partial charge on any atom is -0.454 e. The Morgan fingerprint density at radius 2 is 1.93 bits per heavy atom. The lowest BCUT2D eigenvalue weighted by molar-refractivity contribution is -0.144. The number of ether oxygens (including phenoxy) is 3. The molecule has 1 N–H and O–H groups in total. The zero-order chi connectivity index (χ0) is 19.9. The summed E-state index contributed by atoms with van der Waals surface area (Å²) in [7, 11) is 0. The normalized spacial score (nSPS) is 12.2. The molecule has 0 bridgehead atoms. The van der Waals surface area contributed by atoms with Crippen molar-refractivity contribution in [3.8, 4) is 17.6 Å². The van der Waals surface area contributed by atoms with Crippen LogP contribution in [-0.2, 0) is 20.9 Å². The van der Waals surface area contributed by atoms with Crippen LogP contribution >= 0.6 is 11.6 Å². The molecule has 8 heteroatoms. The number of esters is 1. The maximum atomic E-state index is 12.1. The number of nitrogens with one attached hydrogen (secondary N) is 1. The van der Waals surface area contributed by atoms with E-state index in [1.54, 1.807) is 48.5 Å². The Hall–Kier alpha value is -3.50. The van der Waals surface area contributed by atoms with Gasteiger partial charge in [0.05, 0.1) is 0 Å². The highest BCUT2D eigenvalue weighted by Gasteiger charge is 2.16. The molecular formula is C20H15ClN2O5. The number of nitriles is 1. The molecule has 0 aromatic heterocycles. The molecular weight excluding hydrogens is 384 g/mol. The fraction of sp³-hybridized carbons (Fsp3) is 0.150. The molecule has 142 valence electrons. The Morgan fingerprint density at radius 3 is 2.68 bits per heavy atom. The van der Waals surface area contributed by atoms with Gasteiger partial charge in [0.25, 0.3) is 5.91 Å². The Labute approximate surface area is 166 Å². The van der Waals surface area contributed by atoms with Crippen molar-refractivity contribution < 1.29 is 23.8 Å². The minimum absolute atomic E-state index is 0.126. The van der Waals surface area contributed by atoms with Gasteiger partial charge in [-0.2, -0.15) is 5.26 Å². The maximum Gasteiger partial charge on any atom is 0.349 e. The summed E-state index contributed by atoms with van der Waals surface area (Å²) in [6.07, 6.45) is 1.36. The van der Waals surface area contributed by atoms with E-state index in [1.807, 2.05) is 0 Å². The third-order valence-electron chi connectivity index (χ3n) is 3.79. The van der Waals surface area contributed by atoms with E-state index in [2.05, 4.69) is 5.32 Å². The molecule has 0 aliphatic carbocycles. The third kappa shape index (κ3) is 5.02. The van der Waals surface area contributed by atoms with Crippen LogP contribution in [0.4, 0.5) is 0 Å². The first-order valence-electron chi connectivity index (χ1n) is 8.25. The Balaban J connectivity index is 1.53. The molecule has 0 fully saturated rings. The van der Waals surface area contributed by atoms with Gasteiger partial charge in [-0.15, -0.1) is 0 Å². The average molecular weight is 399 g/mol. The first-order chi connectivity index (χ1) is 13.5. The molecule has 0 saturated heterocycles. The lowest BCUT2D eigenvalue weighted by Crippen LogP contribution is -2.28. The van der Waals surface area contributed by atoms with Gasteiger partial charge in [0.15, 0.2) is 18.1 Å². The number of hydrogen-bond donors (Lipinski definition) is 1. The van der Waals surface area contributed by atoms with Gasteiger partial charge in [0.1, 0.15) is 11.6 Å². The summed E-state index contributed by atoms with van der Waals surface area (Å²) in [4.78, 5) is 23.9. The Bertz CT molecular complexity index is 964. The van der Waals surface area contributed by atoms with Gasteiger partial charge in [-0.05, 0) is 41.5 Å². The highest BCUT2D eigenvalue weighted by atomic mass is 35.5. The predicted octanol–water partition coefficient (Wildman–Crippen LogP) is 2.84. The van der Waals surface area contributed by atoms with Crippen molar-refractivity contribution in [2.24, 2.45) is 0 Å². The molecule has 7 nitrogen and oxygen atoms in total. The van der Waals surface area contributed by atoms with E-state index in [0.717, 1.165) is 5.56 Å². The van der Waals surface area contributed by atoms with Crippen molar-refractivity contribution in [1.29, 1.82) is 5.26 Å². The summed E-state index contributed by atoms with van der Waals surface area (Å²) < 4.78 is 15.4. The van der Waals surface area contributed by atoms with E-state index in [-0.39, 0.29) is 18.9 Å². The molecule has 3 rings (SSSR count). The smallest absolute Gasteiger partial charge is 0.349 e. The van der Waals surface area contributed by atoms with E-state index in [9.17, 15) is 14.9 Å². The second-order valence-electron chi connectivity index (χ2n) is 5.76. The third-order valence-corrected chi connectivity index (χ3v) is 4.04. The predicted molar refractivity (Wildman–Crippen MR) is 100 cm³/mol. The second-order valence-corrected chi connectivity index (χ2v) is 6.20. The fourth-order valence-electron chi connectivity index (χ4n) is 2.37. The first-order valence-corrected chi connectivity index (χ1v) is 8.62. The van der Waals surface area contributed by atoms with Gasteiger partial charge in [-0.1, -0.05) is 29.8 Å². The monoisotopic (exact) mass is 398 g/mol. The van der Waals surface area contributed by atoms with Gasteiger partial charge in [0.2, 0.25) is 6.79 Å². The largest absolute Gasteiger partial charge is 0.454 e. The minimum atomic E-state index is -0.887. The SMILES string of the molecule is N#CC(=Cc1ccc2c(c1)OCO2)C(=O)OCC(=O)NCc1ccc(Cl)cc1. The second kappa shape index (κ2) is 8.93. The van der Waals surface area contributed by atoms with Crippen molar-refractivity contribution >= 4 is 29.6 Å². The molecule has 1 aliphatic rings. The van der Waals surface area contributed by atoms with Gasteiger partial charge < -0.3 is 19.5 Å². The quantitative estimate of drug-likeness (QED) is 0.456. The van der Waals surface area contributed by atoms with Crippen molar-refractivity contribution in [1.82, 2.24) is 5.32 Å². The van der Waals surface area contributed by atoms with E-state index < -0.39 is 18.5 Å². The number of amides is 1. The van der Waals surface area contributed by atoms with Gasteiger partial charge >= 0.3 is 5.97 Å². The summed E-state index contributed by atoms with van der Waals surface area (Å²) in [5, 5.41) is 12.4. The number of carbonyl (C=O) groups excluding carboxylic acids is 2. The number of rotatable bonds is 6. The molecule has 0 radical (unpaired) electrons. The van der Waals surface area contributed by atoms with E-state index in [4.69, 9.17) is 25.8 Å². The summed E-state index contributed by atoms with van der Waals surface area (Å²) in [6.45, 7) is -0.0982. The van der Waals surface area contributed by atoms with Crippen LogP contribution in [-0.4, -0.2) is 25.3 Å². The highest BCUT2D eigenvalue weighted by molar-refractivity contribution is 6.30. The molecule has 28 heavy (non-hydrogen) atoms. The van der Waals surface area contributed by atoms with Crippen LogP contribution in [0, 0.1) is 11.3 Å². The summed E-state index contributed by atoms with van der Waals surface area (Å²) >= 11 is 5.80. The number of carbonyl (C=O) groups is 2. The lowest BCUT2D eigenvalue weighted by atomic mass is 10.1. The maximum absolute atomic E-state index is 12.1. The number of hydrogen-bond acceptors (Lipinski definition) is 6. The summed E-state index contributed by atoms with van der Waals surface area (Å²) in [5.74, 6) is -0.248. The van der Waals surface area contributed by atoms with Crippen molar-refractivity contribution in [3.63, 3.8) is 0 Å². The summed E-state index contributed by atoms with van der Waals surface area (Å²) in [6, 6.07) is 13.7. The number of nitrogens with zero attached hydrogens (tertiary/aromatic N) is 1. The zero-order valence-electron chi connectivity index (χ0n) is 14.6. The molecule has 1 heterocycles. The van der Waals surface area contributed by atoms with Gasteiger partial charge in [-0.3, -0.25) is 4.79 Å². The summed E-state index contributed by atoms with van der Waals surface area (Å²) in [5.41, 5.74) is 1.19. The zero-order valence-corrected chi connectivity index (χ0v) is 15.4. The van der Waals surface area contributed by atoms with Gasteiger partial charge in [0, 0.05) is 11.6 Å². The molecule has 0 spiro atoms. The molecule has 1 aliphatic heterocycles. The topological polar surface area (TPSA) is 97.7 Å². The van der Waals surface area contributed by atoms with E-state index >= 15 is 0 Å². The molecule has 0 atom stereocenters. The molecule has 1 amide bonds. The van der Waals surface area contributed by atoms with Crippen LogP contribution in [0.15, 0.2) is 48.0 Å². The Kier molecular flexibility index (Phi) is 6.14. The number of benzene rings is 2. The van der Waals surface area contributed by atoms with E-state index in [0.29, 0.717) is 22.1 Å². The molecule has 2 aromatic carbocycles. The van der Waals surface area contributed by atoms with Crippen LogP contribution in [0.25, 0.3) is 6.08 Å². The standard InChI is InChI=1S/C20H15ClN2O5/c21-16-4-1-13(2-5-16)10-23-19(24)11-26-20(25)15(9-22)7-14-3-6-17-18(8-14)28-12-27-17/h1-8H,10-12H2,(H,23,24). The number of halogens is 1. The molecule has 2 aromatic rings. The van der Waals surface area contributed by atoms with Crippen LogP contribution in [0.3, 0.4) is 0 Å². The van der Waals surface area contributed by atoms with Crippen molar-refractivity contribution in [2.75, 3.05) is 13.4 Å². The molecule has 0 saturated carbocycles. The van der Waals surface area contributed by atoms with Crippen LogP contribution in [0.5, 0.6) is 11.5 Å². The van der Waals surface area contributed by atoms with Gasteiger partial charge in [-0.25, -0.2) is 4.79 Å². The van der Waals surface area contributed by atoms with Crippen molar-refractivity contribution in [2.45, 2.75) is 6.54 Å². The van der Waals surface area contributed by atoms with Crippen molar-refractivity contribution in [3.05, 3.63) is 64.2 Å². The first kappa shape index (κ1) is 19.3. The number of fused-ring (bicyclic) bond motifs is 1. The highest BCUT2D eigenvalue weighted by Crippen LogP contribution is 2.33. The average Bonchev–Trinajstić information content (AvgIpc) is 3.17. The van der Waals surface area contributed by atoms with E-state index in [1.165, 1.54) is 6.08 Å². The lowest BCUT2D eigenvalue weighted by Gasteiger charge is -2.06. The fourth-order valence-corrected chi connectivity index (χ4v) is 2.50. The van der Waals surface area contributed by atoms with Crippen LogP contribution in [0.1, 0.15) is 11.1 Å². The Morgan fingerprint density at radius 1 is 1.18 bits per heavy atom. The molecule has 0 unspecified atom stereocenters. The van der Waals surface area contributed by atoms with Crippen LogP contribution < -0.4 is 14.8 Å².